The van der Waals surface area contributed by atoms with E-state index < -0.39 is 10.0 Å². The third-order valence-electron chi connectivity index (χ3n) is 5.51. The number of nitrogens with one attached hydrogen (secondary N) is 1. The van der Waals surface area contributed by atoms with Gasteiger partial charge in [0.15, 0.2) is 0 Å². The minimum atomic E-state index is -3.69. The highest BCUT2D eigenvalue weighted by Crippen LogP contribution is 2.26. The van der Waals surface area contributed by atoms with Crippen molar-refractivity contribution < 1.29 is 18.0 Å². The van der Waals surface area contributed by atoms with Crippen molar-refractivity contribution in [3.05, 3.63) is 36.0 Å². The second-order valence-electron chi connectivity index (χ2n) is 7.73. The number of imide groups is 1. The Morgan fingerprint density at radius 3 is 2.19 bits per heavy atom. The zero-order chi connectivity index (χ0) is 22.9. The van der Waals surface area contributed by atoms with E-state index in [2.05, 4.69) is 15.3 Å². The van der Waals surface area contributed by atoms with Crippen LogP contribution in [0.3, 0.4) is 0 Å². The molecule has 2 aliphatic rings. The van der Waals surface area contributed by atoms with Crippen molar-refractivity contribution in [3.63, 3.8) is 0 Å². The lowest BCUT2D eigenvalue weighted by Crippen LogP contribution is -2.49. The summed E-state index contributed by atoms with van der Waals surface area (Å²) >= 11 is 0. The lowest BCUT2D eigenvalue weighted by atomic mass is 10.3. The number of aromatic nitrogens is 2. The summed E-state index contributed by atoms with van der Waals surface area (Å²) in [5, 5.41) is 3.18. The van der Waals surface area contributed by atoms with Gasteiger partial charge in [0.25, 0.3) is 0 Å². The summed E-state index contributed by atoms with van der Waals surface area (Å²) in [6.07, 6.45) is 0.369. The molecule has 2 fully saturated rings. The second kappa shape index (κ2) is 8.83. The minimum Gasteiger partial charge on any atom is -0.370 e. The summed E-state index contributed by atoms with van der Waals surface area (Å²) in [6.45, 7) is 6.21. The van der Waals surface area contributed by atoms with E-state index >= 15 is 0 Å². The van der Waals surface area contributed by atoms with Crippen LogP contribution in [-0.2, 0) is 19.6 Å². The van der Waals surface area contributed by atoms with Gasteiger partial charge in [-0.3, -0.25) is 14.5 Å². The van der Waals surface area contributed by atoms with E-state index in [0.717, 1.165) is 23.0 Å². The smallest absolute Gasteiger partial charge is 0.243 e. The molecule has 170 valence electrons. The molecule has 1 N–H and O–H groups in total. The van der Waals surface area contributed by atoms with Crippen molar-refractivity contribution in [3.8, 4) is 0 Å². The molecule has 2 saturated heterocycles. The Bertz CT molecular complexity index is 1110. The first-order valence-electron chi connectivity index (χ1n) is 10.6. The Hall–Kier alpha value is -3.05. The first kappa shape index (κ1) is 22.2. The molecule has 0 unspecified atom stereocenters. The number of hydrogen-bond donors (Lipinski definition) is 1. The van der Waals surface area contributed by atoms with Crippen LogP contribution in [-0.4, -0.2) is 67.2 Å². The van der Waals surface area contributed by atoms with E-state index in [9.17, 15) is 18.0 Å². The molecule has 10 nitrogen and oxygen atoms in total. The minimum absolute atomic E-state index is 0.134. The fourth-order valence-electron chi connectivity index (χ4n) is 3.88. The van der Waals surface area contributed by atoms with Crippen molar-refractivity contribution in [2.45, 2.75) is 31.6 Å². The largest absolute Gasteiger partial charge is 0.370 e. The Morgan fingerprint density at radius 1 is 0.969 bits per heavy atom. The topological polar surface area (TPSA) is 116 Å². The third kappa shape index (κ3) is 4.30. The number of aryl methyl sites for hydroxylation is 1. The van der Waals surface area contributed by atoms with Gasteiger partial charge in [0.1, 0.15) is 5.82 Å². The summed E-state index contributed by atoms with van der Waals surface area (Å²) in [7, 11) is -3.69. The quantitative estimate of drug-likeness (QED) is 0.646. The van der Waals surface area contributed by atoms with Crippen molar-refractivity contribution >= 4 is 39.3 Å². The van der Waals surface area contributed by atoms with Crippen LogP contribution in [0.15, 0.2) is 35.2 Å². The maximum absolute atomic E-state index is 13.1. The first-order valence-corrected chi connectivity index (χ1v) is 12.0. The normalized spacial score (nSPS) is 17.8. The highest BCUT2D eigenvalue weighted by molar-refractivity contribution is 7.89. The summed E-state index contributed by atoms with van der Waals surface area (Å²) in [6, 6.07) is 7.78. The number of piperazine rings is 1. The van der Waals surface area contributed by atoms with Gasteiger partial charge in [0.2, 0.25) is 27.8 Å². The number of carbonyl (C=O) groups is 2. The SMILES string of the molecule is CCNc1cc(C)nc(N2CCN(S(=O)(=O)c3ccc(N4C(=O)CCC4=O)cc3)CC2)n1. The van der Waals surface area contributed by atoms with Gasteiger partial charge in [0, 0.05) is 57.3 Å². The lowest BCUT2D eigenvalue weighted by molar-refractivity contribution is -0.121. The van der Waals surface area contributed by atoms with Gasteiger partial charge < -0.3 is 10.2 Å². The molecule has 0 radical (unpaired) electrons. The van der Waals surface area contributed by atoms with Crippen LogP contribution in [0.2, 0.25) is 0 Å². The third-order valence-corrected chi connectivity index (χ3v) is 7.42. The summed E-state index contributed by atoms with van der Waals surface area (Å²) in [5.74, 6) is 0.803. The van der Waals surface area contributed by atoms with E-state index in [1.165, 1.54) is 28.6 Å². The van der Waals surface area contributed by atoms with Crippen molar-refractivity contribution in [1.82, 2.24) is 14.3 Å². The molecule has 0 bridgehead atoms. The number of amides is 2. The summed E-state index contributed by atoms with van der Waals surface area (Å²) < 4.78 is 27.6. The van der Waals surface area contributed by atoms with E-state index in [0.29, 0.717) is 37.8 Å². The van der Waals surface area contributed by atoms with Crippen LogP contribution in [0.1, 0.15) is 25.5 Å². The van der Waals surface area contributed by atoms with E-state index in [1.807, 2.05) is 24.8 Å². The van der Waals surface area contributed by atoms with Gasteiger partial charge >= 0.3 is 0 Å². The van der Waals surface area contributed by atoms with Crippen molar-refractivity contribution in [1.29, 1.82) is 0 Å². The maximum Gasteiger partial charge on any atom is 0.243 e. The predicted molar refractivity (Wildman–Crippen MR) is 120 cm³/mol. The van der Waals surface area contributed by atoms with Crippen LogP contribution in [0.5, 0.6) is 0 Å². The van der Waals surface area contributed by atoms with Gasteiger partial charge in [0.05, 0.1) is 10.6 Å². The molecule has 2 aromatic rings. The molecule has 3 heterocycles. The molecule has 2 aliphatic heterocycles. The second-order valence-corrected chi connectivity index (χ2v) is 9.67. The van der Waals surface area contributed by atoms with Gasteiger partial charge in [-0.1, -0.05) is 0 Å². The number of carbonyl (C=O) groups excluding carboxylic acids is 2. The number of anilines is 3. The number of nitrogens with zero attached hydrogens (tertiary/aromatic N) is 5. The average Bonchev–Trinajstić information content (AvgIpc) is 3.11. The van der Waals surface area contributed by atoms with Gasteiger partial charge in [-0.25, -0.2) is 13.4 Å². The lowest BCUT2D eigenvalue weighted by Gasteiger charge is -2.34. The number of sulfonamides is 1. The van der Waals surface area contributed by atoms with Gasteiger partial charge in [-0.2, -0.15) is 9.29 Å². The van der Waals surface area contributed by atoms with E-state index in [4.69, 9.17) is 0 Å². The number of rotatable bonds is 6. The summed E-state index contributed by atoms with van der Waals surface area (Å²) in [4.78, 5) is 36.0. The molecule has 0 atom stereocenters. The Labute approximate surface area is 187 Å². The van der Waals surface area contributed by atoms with Crippen LogP contribution < -0.4 is 15.1 Å². The molecule has 32 heavy (non-hydrogen) atoms. The Kier molecular flexibility index (Phi) is 6.11. The monoisotopic (exact) mass is 458 g/mol. The highest BCUT2D eigenvalue weighted by atomic mass is 32.2. The van der Waals surface area contributed by atoms with Crippen LogP contribution in [0, 0.1) is 6.92 Å². The fourth-order valence-corrected chi connectivity index (χ4v) is 5.30. The van der Waals surface area contributed by atoms with Crippen LogP contribution >= 0.6 is 0 Å². The molecule has 11 heteroatoms. The zero-order valence-corrected chi connectivity index (χ0v) is 18.9. The Balaban J connectivity index is 1.45. The molecule has 1 aromatic carbocycles. The number of hydrogen-bond acceptors (Lipinski definition) is 8. The molecule has 1 aromatic heterocycles. The molecule has 4 rings (SSSR count). The van der Waals surface area contributed by atoms with Crippen LogP contribution in [0.25, 0.3) is 0 Å². The van der Waals surface area contributed by atoms with Crippen molar-refractivity contribution in [2.75, 3.05) is 47.8 Å². The Morgan fingerprint density at radius 2 is 1.59 bits per heavy atom. The predicted octanol–water partition coefficient (Wildman–Crippen LogP) is 1.38. The average molecular weight is 459 g/mol. The van der Waals surface area contributed by atoms with E-state index in [-0.39, 0.29) is 29.6 Å². The molecular weight excluding hydrogens is 432 g/mol. The molecular formula is C21H26N6O4S. The van der Waals surface area contributed by atoms with Gasteiger partial charge in [-0.15, -0.1) is 0 Å². The molecule has 0 saturated carbocycles. The zero-order valence-electron chi connectivity index (χ0n) is 18.1. The number of benzene rings is 1. The first-order chi connectivity index (χ1) is 15.3. The maximum atomic E-state index is 13.1. The molecule has 0 aliphatic carbocycles. The van der Waals surface area contributed by atoms with Crippen LogP contribution in [0.4, 0.5) is 17.5 Å². The molecule has 0 spiro atoms. The molecule has 2 amide bonds. The van der Waals surface area contributed by atoms with Crippen molar-refractivity contribution in [2.24, 2.45) is 0 Å². The van der Waals surface area contributed by atoms with E-state index in [1.54, 1.807) is 0 Å². The summed E-state index contributed by atoms with van der Waals surface area (Å²) in [5.41, 5.74) is 1.24. The fraction of sp³-hybridized carbons (Fsp3) is 0.429. The standard InChI is InChI=1S/C21H26N6O4S/c1-3-22-18-14-15(2)23-21(24-18)25-10-12-26(13-11-25)32(30,31)17-6-4-16(5-7-17)27-19(28)8-9-20(27)29/h4-7,14H,3,8-13H2,1-2H3,(H,22,23,24). The van der Waals surface area contributed by atoms with Gasteiger partial charge in [-0.05, 0) is 38.1 Å². The highest BCUT2D eigenvalue weighted by Gasteiger charge is 2.32.